The summed E-state index contributed by atoms with van der Waals surface area (Å²) in [4.78, 5) is 52.6. The van der Waals surface area contributed by atoms with Crippen LogP contribution in [0.25, 0.3) is 0 Å². The Balaban J connectivity index is 4.65. The van der Waals surface area contributed by atoms with Gasteiger partial charge in [0.05, 0.1) is 25.9 Å². The molecule has 2 unspecified atom stereocenters. The van der Waals surface area contributed by atoms with Crippen LogP contribution in [0, 0.1) is 0 Å². The van der Waals surface area contributed by atoms with E-state index in [1.54, 1.807) is 6.08 Å². The molecule has 0 amide bonds. The van der Waals surface area contributed by atoms with Crippen LogP contribution in [0.4, 0.5) is 0 Å². The Hall–Kier alpha value is -1.96. The van der Waals surface area contributed by atoms with E-state index in [2.05, 4.69) is 47.2 Å². The largest absolute Gasteiger partial charge is 0.472 e. The number of aliphatic hydroxyl groups is 2. The highest BCUT2D eigenvalue weighted by Gasteiger charge is 2.28. The van der Waals surface area contributed by atoms with Crippen LogP contribution in [0.15, 0.2) is 48.6 Å². The number of carbonyl (C=O) groups excluding carboxylic acids is 2. The molecule has 0 aliphatic carbocycles. The second-order valence-electron chi connectivity index (χ2n) is 13.7. The molecule has 0 fully saturated rings. The molecule has 56 heavy (non-hydrogen) atoms. The molecule has 0 aromatic carbocycles. The lowest BCUT2D eigenvalue weighted by Gasteiger charge is -2.20. The molecule has 16 heteroatoms. The van der Waals surface area contributed by atoms with Crippen molar-refractivity contribution in [3.8, 4) is 0 Å². The maximum Gasteiger partial charge on any atom is 0.472 e. The number of carbonyl (C=O) groups is 2. The fourth-order valence-electron chi connectivity index (χ4n) is 5.17. The normalized spacial score (nSPS) is 15.2. The second kappa shape index (κ2) is 36.1. The minimum absolute atomic E-state index is 0.0997. The number of unbranched alkanes of at least 4 members (excludes halogenated alkanes) is 13. The van der Waals surface area contributed by atoms with Gasteiger partial charge in [-0.05, 0) is 57.8 Å². The van der Waals surface area contributed by atoms with Gasteiger partial charge in [0.25, 0.3) is 0 Å². The molecule has 0 saturated carbocycles. The van der Waals surface area contributed by atoms with E-state index in [4.69, 9.17) is 23.8 Å². The number of rotatable bonds is 38. The van der Waals surface area contributed by atoms with E-state index in [1.807, 2.05) is 18.2 Å². The zero-order chi connectivity index (χ0) is 41.8. The van der Waals surface area contributed by atoms with E-state index >= 15 is 0 Å². The van der Waals surface area contributed by atoms with Crippen molar-refractivity contribution in [2.75, 3.05) is 26.4 Å². The van der Waals surface area contributed by atoms with Crippen molar-refractivity contribution in [3.63, 3.8) is 0 Å². The van der Waals surface area contributed by atoms with Gasteiger partial charge in [-0.1, -0.05) is 127 Å². The Morgan fingerprint density at radius 2 is 1.18 bits per heavy atom. The zero-order valence-electron chi connectivity index (χ0n) is 33.8. The summed E-state index contributed by atoms with van der Waals surface area (Å²) in [7, 11) is -9.70. The Morgan fingerprint density at radius 3 is 1.82 bits per heavy atom. The first kappa shape index (κ1) is 54.0. The highest BCUT2D eigenvalue weighted by Crippen LogP contribution is 2.43. The highest BCUT2D eigenvalue weighted by molar-refractivity contribution is 7.47. The first-order valence-corrected chi connectivity index (χ1v) is 23.5. The van der Waals surface area contributed by atoms with E-state index in [-0.39, 0.29) is 12.8 Å². The lowest BCUT2D eigenvalue weighted by Crippen LogP contribution is -2.30. The minimum atomic E-state index is -4.87. The maximum absolute atomic E-state index is 12.6. The molecule has 326 valence electrons. The molecule has 0 aliphatic heterocycles. The summed E-state index contributed by atoms with van der Waals surface area (Å²) >= 11 is 0. The van der Waals surface area contributed by atoms with Crippen molar-refractivity contribution in [1.29, 1.82) is 0 Å². The van der Waals surface area contributed by atoms with Gasteiger partial charge < -0.3 is 34.4 Å². The molecular formula is C40H72O14P2. The molecule has 0 rings (SSSR count). The Kier molecular flexibility index (Phi) is 34.9. The predicted molar refractivity (Wildman–Crippen MR) is 217 cm³/mol. The van der Waals surface area contributed by atoms with Crippen LogP contribution < -0.4 is 0 Å². The van der Waals surface area contributed by atoms with E-state index in [0.29, 0.717) is 19.3 Å². The van der Waals surface area contributed by atoms with Crippen molar-refractivity contribution in [2.24, 2.45) is 0 Å². The number of phosphoric ester groups is 2. The molecule has 4 atom stereocenters. The van der Waals surface area contributed by atoms with Crippen molar-refractivity contribution in [2.45, 2.75) is 167 Å². The molecule has 0 saturated heterocycles. The molecule has 0 heterocycles. The van der Waals surface area contributed by atoms with Crippen LogP contribution in [0.2, 0.25) is 0 Å². The molecule has 0 spiro atoms. The van der Waals surface area contributed by atoms with Gasteiger partial charge in [-0.2, -0.15) is 0 Å². The Bertz CT molecular complexity index is 1200. The van der Waals surface area contributed by atoms with Gasteiger partial charge in [-0.3, -0.25) is 23.2 Å². The first-order chi connectivity index (χ1) is 26.8. The standard InChI is InChI=1S/C40H72O14P2/c1-3-5-7-9-11-12-13-14-15-16-18-22-27-31-40(44)54-38(35-53-56(48,49)52-33-37(42)32-51-55(45,46)47)34-50-39(43)30-26-23-19-21-25-29-36(41)28-24-20-17-10-8-6-4-2/h6,8,12-13,17,20,24,28,36-38,41-42H,3-5,7,9-11,14-16,18-19,21-23,25-27,29-35H2,1-2H3,(H,48,49)(H2,45,46,47)/b8-6+,13-12-,20-17+,28-24+/t36?,37-,38+/m0/s1. The van der Waals surface area contributed by atoms with Crippen molar-refractivity contribution in [1.82, 2.24) is 0 Å². The second-order valence-corrected chi connectivity index (χ2v) is 16.4. The number of phosphoric acid groups is 2. The zero-order valence-corrected chi connectivity index (χ0v) is 35.6. The summed E-state index contributed by atoms with van der Waals surface area (Å²) in [5.41, 5.74) is 0. The molecule has 0 radical (unpaired) electrons. The van der Waals surface area contributed by atoms with Gasteiger partial charge in [0.15, 0.2) is 6.10 Å². The molecule has 0 aromatic rings. The summed E-state index contributed by atoms with van der Waals surface area (Å²) in [6.07, 6.45) is 31.3. The van der Waals surface area contributed by atoms with Gasteiger partial charge in [0.2, 0.25) is 0 Å². The van der Waals surface area contributed by atoms with Gasteiger partial charge in [0, 0.05) is 12.8 Å². The number of hydrogen-bond acceptors (Lipinski definition) is 11. The van der Waals surface area contributed by atoms with Crippen LogP contribution in [0.3, 0.4) is 0 Å². The van der Waals surface area contributed by atoms with Gasteiger partial charge in [0.1, 0.15) is 12.7 Å². The van der Waals surface area contributed by atoms with E-state index in [0.717, 1.165) is 77.0 Å². The van der Waals surface area contributed by atoms with Gasteiger partial charge in [-0.15, -0.1) is 0 Å². The Morgan fingerprint density at radius 1 is 0.607 bits per heavy atom. The molecule has 0 aliphatic rings. The average Bonchev–Trinajstić information content (AvgIpc) is 3.15. The van der Waals surface area contributed by atoms with E-state index in [1.165, 1.54) is 25.7 Å². The third-order valence-corrected chi connectivity index (χ3v) is 9.73. The lowest BCUT2D eigenvalue weighted by molar-refractivity contribution is -0.161. The van der Waals surface area contributed by atoms with E-state index < -0.39 is 72.3 Å². The summed E-state index contributed by atoms with van der Waals surface area (Å²) in [5.74, 6) is -1.12. The van der Waals surface area contributed by atoms with Crippen molar-refractivity contribution in [3.05, 3.63) is 48.6 Å². The summed E-state index contributed by atoms with van der Waals surface area (Å²) in [6.45, 7) is 1.48. The van der Waals surface area contributed by atoms with Crippen LogP contribution in [-0.2, 0) is 41.8 Å². The Labute approximate surface area is 335 Å². The predicted octanol–water partition coefficient (Wildman–Crippen LogP) is 8.86. The molecule has 0 aromatic heterocycles. The quantitative estimate of drug-likeness (QED) is 0.0129. The summed E-state index contributed by atoms with van der Waals surface area (Å²) < 4.78 is 47.6. The van der Waals surface area contributed by atoms with Crippen molar-refractivity contribution < 1.29 is 66.7 Å². The van der Waals surface area contributed by atoms with Crippen LogP contribution in [0.5, 0.6) is 0 Å². The molecular weight excluding hydrogens is 766 g/mol. The summed E-state index contributed by atoms with van der Waals surface area (Å²) in [5, 5.41) is 19.8. The minimum Gasteiger partial charge on any atom is -0.462 e. The third kappa shape index (κ3) is 38.9. The average molecular weight is 839 g/mol. The topological polar surface area (TPSA) is 216 Å². The summed E-state index contributed by atoms with van der Waals surface area (Å²) in [6, 6.07) is 0. The third-order valence-electron chi connectivity index (χ3n) is 8.30. The van der Waals surface area contributed by atoms with Crippen LogP contribution in [-0.4, -0.2) is 81.6 Å². The van der Waals surface area contributed by atoms with Gasteiger partial charge >= 0.3 is 27.6 Å². The fraction of sp³-hybridized carbons (Fsp3) is 0.750. The monoisotopic (exact) mass is 838 g/mol. The van der Waals surface area contributed by atoms with Crippen LogP contribution >= 0.6 is 15.6 Å². The smallest absolute Gasteiger partial charge is 0.462 e. The van der Waals surface area contributed by atoms with Crippen molar-refractivity contribution >= 4 is 27.6 Å². The number of hydrogen-bond donors (Lipinski definition) is 5. The first-order valence-electron chi connectivity index (χ1n) is 20.4. The number of aliphatic hydroxyl groups excluding tert-OH is 2. The highest BCUT2D eigenvalue weighted by atomic mass is 31.2. The van der Waals surface area contributed by atoms with E-state index in [9.17, 15) is 33.8 Å². The van der Waals surface area contributed by atoms with Crippen LogP contribution in [0.1, 0.15) is 149 Å². The SMILES string of the molecule is CC/C=C/C/C=C/C=C/C(O)CCCCCCCC(=O)OC[C@H](COP(=O)(O)OC[C@@H](O)COP(=O)(O)O)OC(=O)CCCCCCC/C=C\CCCCCC. The molecule has 14 nitrogen and oxygen atoms in total. The maximum atomic E-state index is 12.6. The number of esters is 2. The van der Waals surface area contributed by atoms with Gasteiger partial charge in [-0.25, -0.2) is 9.13 Å². The number of allylic oxidation sites excluding steroid dienone is 7. The lowest BCUT2D eigenvalue weighted by atomic mass is 10.1. The number of ether oxygens (including phenoxy) is 2. The fourth-order valence-corrected chi connectivity index (χ4v) is 6.33. The molecule has 5 N–H and O–H groups in total. The molecule has 0 bridgehead atoms.